The predicted octanol–water partition coefficient (Wildman–Crippen LogP) is 1.90. The topological polar surface area (TPSA) is 63.3 Å². The van der Waals surface area contributed by atoms with Crippen molar-refractivity contribution in [3.05, 3.63) is 35.4 Å². The van der Waals surface area contributed by atoms with Crippen LogP contribution in [0.15, 0.2) is 24.3 Å². The first-order valence-electron chi connectivity index (χ1n) is 5.16. The molecule has 0 radical (unpaired) electrons. The monoisotopic (exact) mass is 207 g/mol. The molecule has 0 aliphatic rings. The van der Waals surface area contributed by atoms with Crippen molar-refractivity contribution in [2.45, 2.75) is 32.2 Å². The SMILES string of the molecule is CCc1ccc(C(N)(CC)C(=O)O)cc1. The molecule has 0 fully saturated rings. The van der Waals surface area contributed by atoms with Crippen LogP contribution in [-0.4, -0.2) is 11.1 Å². The highest BCUT2D eigenvalue weighted by atomic mass is 16.4. The Morgan fingerprint density at radius 2 is 1.87 bits per heavy atom. The molecule has 3 N–H and O–H groups in total. The van der Waals surface area contributed by atoms with E-state index in [9.17, 15) is 4.79 Å². The summed E-state index contributed by atoms with van der Waals surface area (Å²) in [7, 11) is 0. The van der Waals surface area contributed by atoms with Crippen LogP contribution >= 0.6 is 0 Å². The second-order valence-electron chi connectivity index (χ2n) is 3.68. The number of carbonyl (C=O) groups is 1. The molecule has 1 rings (SSSR count). The summed E-state index contributed by atoms with van der Waals surface area (Å²) >= 11 is 0. The van der Waals surface area contributed by atoms with Crippen LogP contribution in [0, 0.1) is 0 Å². The number of hydrogen-bond donors (Lipinski definition) is 2. The van der Waals surface area contributed by atoms with Crippen LogP contribution in [0.3, 0.4) is 0 Å². The Kier molecular flexibility index (Phi) is 3.48. The quantitative estimate of drug-likeness (QED) is 0.792. The van der Waals surface area contributed by atoms with Gasteiger partial charge >= 0.3 is 5.97 Å². The lowest BCUT2D eigenvalue weighted by Gasteiger charge is -2.23. The number of aryl methyl sites for hydroxylation is 1. The highest BCUT2D eigenvalue weighted by Crippen LogP contribution is 2.22. The van der Waals surface area contributed by atoms with Gasteiger partial charge in [-0.3, -0.25) is 0 Å². The van der Waals surface area contributed by atoms with Crippen LogP contribution in [0.25, 0.3) is 0 Å². The van der Waals surface area contributed by atoms with E-state index in [0.29, 0.717) is 12.0 Å². The molecule has 82 valence electrons. The summed E-state index contributed by atoms with van der Waals surface area (Å²) in [5.74, 6) is -0.978. The first-order chi connectivity index (χ1) is 7.04. The van der Waals surface area contributed by atoms with Gasteiger partial charge in [0.2, 0.25) is 0 Å². The van der Waals surface area contributed by atoms with Gasteiger partial charge in [0.25, 0.3) is 0 Å². The standard InChI is InChI=1S/C12H17NO2/c1-3-9-5-7-10(8-6-9)12(13,4-2)11(14)15/h5-8H,3-4,13H2,1-2H3,(H,14,15). The van der Waals surface area contributed by atoms with Crippen LogP contribution in [0.1, 0.15) is 31.4 Å². The zero-order valence-corrected chi connectivity index (χ0v) is 9.16. The Bertz CT molecular complexity index is 345. The molecule has 0 aliphatic carbocycles. The lowest BCUT2D eigenvalue weighted by Crippen LogP contribution is -2.44. The van der Waals surface area contributed by atoms with Crippen molar-refractivity contribution >= 4 is 5.97 Å². The first kappa shape index (κ1) is 11.7. The van der Waals surface area contributed by atoms with Crippen molar-refractivity contribution in [2.24, 2.45) is 5.73 Å². The summed E-state index contributed by atoms with van der Waals surface area (Å²) in [4.78, 5) is 11.1. The van der Waals surface area contributed by atoms with E-state index >= 15 is 0 Å². The molecule has 1 unspecified atom stereocenters. The molecular weight excluding hydrogens is 190 g/mol. The Labute approximate surface area is 89.9 Å². The molecule has 0 saturated heterocycles. The van der Waals surface area contributed by atoms with Gasteiger partial charge in [-0.25, -0.2) is 4.79 Å². The average Bonchev–Trinajstić information content (AvgIpc) is 2.28. The van der Waals surface area contributed by atoms with E-state index in [4.69, 9.17) is 10.8 Å². The largest absolute Gasteiger partial charge is 0.480 e. The molecule has 0 spiro atoms. The maximum atomic E-state index is 11.1. The van der Waals surface area contributed by atoms with E-state index in [0.717, 1.165) is 6.42 Å². The van der Waals surface area contributed by atoms with E-state index in [1.54, 1.807) is 19.1 Å². The number of rotatable bonds is 4. The molecule has 0 bridgehead atoms. The number of nitrogens with two attached hydrogens (primary N) is 1. The Morgan fingerprint density at radius 3 is 2.20 bits per heavy atom. The average molecular weight is 207 g/mol. The van der Waals surface area contributed by atoms with Gasteiger partial charge in [0.1, 0.15) is 5.54 Å². The number of carboxylic acid groups (broad SMARTS) is 1. The predicted molar refractivity (Wildman–Crippen MR) is 59.6 cm³/mol. The summed E-state index contributed by atoms with van der Waals surface area (Å²) in [6, 6.07) is 7.46. The van der Waals surface area contributed by atoms with Crippen LogP contribution in [0.4, 0.5) is 0 Å². The van der Waals surface area contributed by atoms with Crippen LogP contribution in [0.5, 0.6) is 0 Å². The molecule has 15 heavy (non-hydrogen) atoms. The minimum atomic E-state index is -1.26. The van der Waals surface area contributed by atoms with Crippen LogP contribution in [-0.2, 0) is 16.8 Å². The highest BCUT2D eigenvalue weighted by Gasteiger charge is 2.33. The second kappa shape index (κ2) is 4.45. The van der Waals surface area contributed by atoms with E-state index in [1.165, 1.54) is 5.56 Å². The van der Waals surface area contributed by atoms with Gasteiger partial charge in [0.05, 0.1) is 0 Å². The fraction of sp³-hybridized carbons (Fsp3) is 0.417. The molecule has 0 aromatic heterocycles. The maximum absolute atomic E-state index is 11.1. The zero-order valence-electron chi connectivity index (χ0n) is 9.16. The first-order valence-corrected chi connectivity index (χ1v) is 5.16. The van der Waals surface area contributed by atoms with Gasteiger partial charge in [-0.05, 0) is 24.0 Å². The smallest absolute Gasteiger partial charge is 0.328 e. The molecule has 0 heterocycles. The number of aliphatic carboxylic acids is 1. The van der Waals surface area contributed by atoms with Gasteiger partial charge in [-0.2, -0.15) is 0 Å². The third kappa shape index (κ3) is 2.18. The van der Waals surface area contributed by atoms with E-state index < -0.39 is 11.5 Å². The van der Waals surface area contributed by atoms with Crippen molar-refractivity contribution in [3.63, 3.8) is 0 Å². The Hall–Kier alpha value is -1.35. The molecule has 1 atom stereocenters. The lowest BCUT2D eigenvalue weighted by atomic mass is 9.88. The van der Waals surface area contributed by atoms with Gasteiger partial charge in [0, 0.05) is 0 Å². The molecule has 3 heteroatoms. The van der Waals surface area contributed by atoms with Gasteiger partial charge in [0.15, 0.2) is 0 Å². The summed E-state index contributed by atoms with van der Waals surface area (Å²) in [5.41, 5.74) is 6.44. The summed E-state index contributed by atoms with van der Waals surface area (Å²) in [6.07, 6.45) is 1.32. The van der Waals surface area contributed by atoms with E-state index in [-0.39, 0.29) is 0 Å². The lowest BCUT2D eigenvalue weighted by molar-refractivity contribution is -0.143. The van der Waals surface area contributed by atoms with Crippen molar-refractivity contribution < 1.29 is 9.90 Å². The molecular formula is C12H17NO2. The van der Waals surface area contributed by atoms with Crippen molar-refractivity contribution in [1.82, 2.24) is 0 Å². The highest BCUT2D eigenvalue weighted by molar-refractivity contribution is 5.80. The number of hydrogen-bond acceptors (Lipinski definition) is 2. The van der Waals surface area contributed by atoms with Gasteiger partial charge in [-0.15, -0.1) is 0 Å². The van der Waals surface area contributed by atoms with Crippen molar-refractivity contribution in [1.29, 1.82) is 0 Å². The van der Waals surface area contributed by atoms with E-state index in [2.05, 4.69) is 6.92 Å². The summed E-state index contributed by atoms with van der Waals surface area (Å²) in [5, 5.41) is 9.09. The summed E-state index contributed by atoms with van der Waals surface area (Å²) in [6.45, 7) is 3.84. The molecule has 1 aromatic rings. The maximum Gasteiger partial charge on any atom is 0.328 e. The van der Waals surface area contributed by atoms with Crippen molar-refractivity contribution in [3.8, 4) is 0 Å². The molecule has 1 aromatic carbocycles. The second-order valence-corrected chi connectivity index (χ2v) is 3.68. The molecule has 0 aliphatic heterocycles. The number of carboxylic acids is 1. The summed E-state index contributed by atoms with van der Waals surface area (Å²) < 4.78 is 0. The van der Waals surface area contributed by atoms with Gasteiger partial charge < -0.3 is 10.8 Å². The minimum Gasteiger partial charge on any atom is -0.480 e. The zero-order chi connectivity index (χ0) is 11.5. The fourth-order valence-corrected chi connectivity index (χ4v) is 1.52. The Morgan fingerprint density at radius 1 is 1.33 bits per heavy atom. The molecule has 0 saturated carbocycles. The normalized spacial score (nSPS) is 14.6. The van der Waals surface area contributed by atoms with Crippen LogP contribution in [0.2, 0.25) is 0 Å². The molecule has 0 amide bonds. The molecule has 3 nitrogen and oxygen atoms in total. The number of benzene rings is 1. The van der Waals surface area contributed by atoms with E-state index in [1.807, 2.05) is 12.1 Å². The van der Waals surface area contributed by atoms with Crippen molar-refractivity contribution in [2.75, 3.05) is 0 Å². The third-order valence-corrected chi connectivity index (χ3v) is 2.82. The van der Waals surface area contributed by atoms with Gasteiger partial charge in [-0.1, -0.05) is 38.1 Å². The minimum absolute atomic E-state index is 0.383. The Balaban J connectivity index is 3.08. The third-order valence-electron chi connectivity index (χ3n) is 2.82. The van der Waals surface area contributed by atoms with Crippen LogP contribution < -0.4 is 5.73 Å². The fourth-order valence-electron chi connectivity index (χ4n) is 1.52.